The van der Waals surface area contributed by atoms with Gasteiger partial charge in [-0.1, -0.05) is 29.3 Å². The highest BCUT2D eigenvalue weighted by Crippen LogP contribution is 2.48. The van der Waals surface area contributed by atoms with Crippen LogP contribution in [0.25, 0.3) is 0 Å². The van der Waals surface area contributed by atoms with Crippen LogP contribution in [0.15, 0.2) is 18.2 Å². The van der Waals surface area contributed by atoms with Gasteiger partial charge in [-0.05, 0) is 37.0 Å². The lowest BCUT2D eigenvalue weighted by atomic mass is 10.0. The van der Waals surface area contributed by atoms with E-state index in [1.807, 2.05) is 6.07 Å². The first-order valence-electron chi connectivity index (χ1n) is 6.41. The summed E-state index contributed by atoms with van der Waals surface area (Å²) >= 11 is 12.0. The number of hydrogen-bond donors (Lipinski definition) is 2. The zero-order chi connectivity index (χ0) is 14.8. The van der Waals surface area contributed by atoms with Gasteiger partial charge >= 0.3 is 5.97 Å². The van der Waals surface area contributed by atoms with Crippen LogP contribution in [0.4, 0.5) is 0 Å². The average molecular weight is 316 g/mol. The number of aliphatic carboxylic acids is 1. The van der Waals surface area contributed by atoms with Crippen LogP contribution in [0, 0.1) is 0 Å². The fourth-order valence-electron chi connectivity index (χ4n) is 2.19. The standard InChI is InChI=1S/C14H15Cl2NO3/c15-9-4-5-10(11(16)8-9)14(6-7-14)17-12(18)2-1-3-13(19)20/h4-5,8H,1-3,6-7H2,(H,17,18)(H,19,20). The van der Waals surface area contributed by atoms with Crippen LogP contribution >= 0.6 is 23.2 Å². The van der Waals surface area contributed by atoms with Gasteiger partial charge in [0.2, 0.25) is 5.91 Å². The third kappa shape index (κ3) is 3.64. The van der Waals surface area contributed by atoms with E-state index < -0.39 is 11.5 Å². The Hall–Kier alpha value is -1.26. The fourth-order valence-corrected chi connectivity index (χ4v) is 2.78. The van der Waals surface area contributed by atoms with Crippen molar-refractivity contribution in [2.75, 3.05) is 0 Å². The van der Waals surface area contributed by atoms with Crippen molar-refractivity contribution in [3.8, 4) is 0 Å². The molecular formula is C14H15Cl2NO3. The van der Waals surface area contributed by atoms with Crippen molar-refractivity contribution in [3.63, 3.8) is 0 Å². The normalized spacial score (nSPS) is 15.7. The van der Waals surface area contributed by atoms with Gasteiger partial charge in [0.15, 0.2) is 0 Å². The van der Waals surface area contributed by atoms with E-state index in [2.05, 4.69) is 5.32 Å². The molecule has 0 aromatic heterocycles. The lowest BCUT2D eigenvalue weighted by Gasteiger charge is -2.19. The maximum absolute atomic E-state index is 11.9. The molecule has 0 bridgehead atoms. The molecule has 0 spiro atoms. The molecule has 0 heterocycles. The topological polar surface area (TPSA) is 66.4 Å². The molecule has 0 aliphatic heterocycles. The van der Waals surface area contributed by atoms with Crippen LogP contribution in [0.3, 0.4) is 0 Å². The van der Waals surface area contributed by atoms with Crippen molar-refractivity contribution >= 4 is 35.1 Å². The molecular weight excluding hydrogens is 301 g/mol. The highest BCUT2D eigenvalue weighted by Gasteiger charge is 2.46. The average Bonchev–Trinajstić information content (AvgIpc) is 3.08. The summed E-state index contributed by atoms with van der Waals surface area (Å²) in [6.45, 7) is 0. The molecule has 1 aliphatic carbocycles. The Kier molecular flexibility index (Phi) is 4.55. The van der Waals surface area contributed by atoms with Crippen LogP contribution in [0.1, 0.15) is 37.7 Å². The van der Waals surface area contributed by atoms with Crippen LogP contribution in [0.2, 0.25) is 10.0 Å². The van der Waals surface area contributed by atoms with Crippen LogP contribution in [-0.2, 0) is 15.1 Å². The van der Waals surface area contributed by atoms with E-state index >= 15 is 0 Å². The highest BCUT2D eigenvalue weighted by atomic mass is 35.5. The zero-order valence-electron chi connectivity index (χ0n) is 10.8. The Balaban J connectivity index is 1.97. The van der Waals surface area contributed by atoms with Crippen LogP contribution in [0.5, 0.6) is 0 Å². The number of halogens is 2. The summed E-state index contributed by atoms with van der Waals surface area (Å²) in [5.74, 6) is -1.03. The number of amides is 1. The molecule has 6 heteroatoms. The molecule has 1 aliphatic rings. The number of carboxylic acid groups (broad SMARTS) is 1. The molecule has 4 nitrogen and oxygen atoms in total. The third-order valence-electron chi connectivity index (χ3n) is 3.37. The van der Waals surface area contributed by atoms with Crippen molar-refractivity contribution in [2.24, 2.45) is 0 Å². The second-order valence-electron chi connectivity index (χ2n) is 5.00. The minimum absolute atomic E-state index is 0.00210. The van der Waals surface area contributed by atoms with Crippen molar-refractivity contribution in [1.29, 1.82) is 0 Å². The van der Waals surface area contributed by atoms with E-state index in [-0.39, 0.29) is 18.7 Å². The predicted molar refractivity (Wildman–Crippen MR) is 77.0 cm³/mol. The van der Waals surface area contributed by atoms with Crippen molar-refractivity contribution in [3.05, 3.63) is 33.8 Å². The molecule has 1 aromatic carbocycles. The van der Waals surface area contributed by atoms with Gasteiger partial charge in [-0.3, -0.25) is 9.59 Å². The molecule has 1 amide bonds. The van der Waals surface area contributed by atoms with Crippen LogP contribution < -0.4 is 5.32 Å². The van der Waals surface area contributed by atoms with Crippen molar-refractivity contribution in [2.45, 2.75) is 37.6 Å². The summed E-state index contributed by atoms with van der Waals surface area (Å²) in [6.07, 6.45) is 2.21. The smallest absolute Gasteiger partial charge is 0.303 e. The molecule has 0 unspecified atom stereocenters. The van der Waals surface area contributed by atoms with Gasteiger partial charge in [0.05, 0.1) is 5.54 Å². The zero-order valence-corrected chi connectivity index (χ0v) is 12.3. The summed E-state index contributed by atoms with van der Waals surface area (Å²) in [5, 5.41) is 12.6. The Labute approximate surface area is 127 Å². The Morgan fingerprint density at radius 3 is 2.50 bits per heavy atom. The van der Waals surface area contributed by atoms with Gasteiger partial charge in [0.25, 0.3) is 0 Å². The minimum atomic E-state index is -0.889. The number of nitrogens with one attached hydrogen (secondary N) is 1. The quantitative estimate of drug-likeness (QED) is 0.846. The molecule has 1 saturated carbocycles. The highest BCUT2D eigenvalue weighted by molar-refractivity contribution is 6.35. The molecule has 1 fully saturated rings. The van der Waals surface area contributed by atoms with E-state index in [9.17, 15) is 9.59 Å². The number of hydrogen-bond acceptors (Lipinski definition) is 2. The summed E-state index contributed by atoms with van der Waals surface area (Å²) in [4.78, 5) is 22.3. The molecule has 0 atom stereocenters. The van der Waals surface area contributed by atoms with E-state index in [0.29, 0.717) is 16.5 Å². The fraction of sp³-hybridized carbons (Fsp3) is 0.429. The number of carbonyl (C=O) groups is 2. The number of rotatable bonds is 6. The maximum atomic E-state index is 11.9. The number of carbonyl (C=O) groups excluding carboxylic acids is 1. The molecule has 108 valence electrons. The molecule has 2 N–H and O–H groups in total. The molecule has 0 saturated heterocycles. The minimum Gasteiger partial charge on any atom is -0.481 e. The first kappa shape index (κ1) is 15.1. The van der Waals surface area contributed by atoms with Gasteiger partial charge in [-0.25, -0.2) is 0 Å². The second kappa shape index (κ2) is 6.02. The van der Waals surface area contributed by atoms with Gasteiger partial charge < -0.3 is 10.4 Å². The van der Waals surface area contributed by atoms with Crippen molar-refractivity contribution < 1.29 is 14.7 Å². The van der Waals surface area contributed by atoms with Gasteiger partial charge in [0.1, 0.15) is 0 Å². The Morgan fingerprint density at radius 1 is 1.25 bits per heavy atom. The van der Waals surface area contributed by atoms with E-state index in [0.717, 1.165) is 18.4 Å². The first-order chi connectivity index (χ1) is 9.43. The molecule has 20 heavy (non-hydrogen) atoms. The summed E-state index contributed by atoms with van der Waals surface area (Å²) in [6, 6.07) is 5.24. The summed E-state index contributed by atoms with van der Waals surface area (Å²) in [5.41, 5.74) is 0.470. The van der Waals surface area contributed by atoms with Gasteiger partial charge in [0, 0.05) is 22.9 Å². The van der Waals surface area contributed by atoms with Gasteiger partial charge in [-0.15, -0.1) is 0 Å². The maximum Gasteiger partial charge on any atom is 0.303 e. The van der Waals surface area contributed by atoms with E-state index in [4.69, 9.17) is 28.3 Å². The van der Waals surface area contributed by atoms with Gasteiger partial charge in [-0.2, -0.15) is 0 Å². The largest absolute Gasteiger partial charge is 0.481 e. The predicted octanol–water partition coefficient (Wildman–Crippen LogP) is 3.35. The monoisotopic (exact) mass is 315 g/mol. The SMILES string of the molecule is O=C(O)CCCC(=O)NC1(c2ccc(Cl)cc2Cl)CC1. The first-order valence-corrected chi connectivity index (χ1v) is 7.17. The van der Waals surface area contributed by atoms with E-state index in [1.165, 1.54) is 0 Å². The van der Waals surface area contributed by atoms with Crippen LogP contribution in [-0.4, -0.2) is 17.0 Å². The third-order valence-corrected chi connectivity index (χ3v) is 3.92. The Bertz CT molecular complexity index is 541. The molecule has 1 aromatic rings. The molecule has 2 rings (SSSR count). The van der Waals surface area contributed by atoms with E-state index in [1.54, 1.807) is 12.1 Å². The lowest BCUT2D eigenvalue weighted by molar-refractivity contribution is -0.137. The Morgan fingerprint density at radius 2 is 1.95 bits per heavy atom. The second-order valence-corrected chi connectivity index (χ2v) is 5.85. The number of benzene rings is 1. The lowest BCUT2D eigenvalue weighted by Crippen LogP contribution is -2.34. The van der Waals surface area contributed by atoms with Crippen molar-refractivity contribution in [1.82, 2.24) is 5.32 Å². The summed E-state index contributed by atoms with van der Waals surface area (Å²) < 4.78 is 0. The number of carboxylic acids is 1. The molecule has 0 radical (unpaired) electrons. The summed E-state index contributed by atoms with van der Waals surface area (Å²) in [7, 11) is 0.